The van der Waals surface area contributed by atoms with Crippen molar-refractivity contribution >= 4 is 29.7 Å². The number of alkyl halides is 3. The fourth-order valence-electron chi connectivity index (χ4n) is 4.60. The van der Waals surface area contributed by atoms with Crippen LogP contribution in [0.2, 0.25) is 0 Å². The van der Waals surface area contributed by atoms with E-state index in [-0.39, 0.29) is 42.1 Å². The first-order chi connectivity index (χ1) is 18.5. The summed E-state index contributed by atoms with van der Waals surface area (Å²) in [6.45, 7) is 3.87. The summed E-state index contributed by atoms with van der Waals surface area (Å²) < 4.78 is 62.4. The molecule has 2 aromatic heterocycles. The van der Waals surface area contributed by atoms with Gasteiger partial charge in [-0.3, -0.25) is 9.69 Å². The molecule has 9 nitrogen and oxygen atoms in total. The van der Waals surface area contributed by atoms with Gasteiger partial charge in [-0.05, 0) is 37.3 Å². The first-order valence-corrected chi connectivity index (χ1v) is 12.1. The second-order valence-electron chi connectivity index (χ2n) is 9.44. The van der Waals surface area contributed by atoms with E-state index in [0.29, 0.717) is 34.9 Å². The molecule has 0 bridgehead atoms. The highest BCUT2D eigenvalue weighted by molar-refractivity contribution is 6.24. The third-order valence-corrected chi connectivity index (χ3v) is 6.72. The molecule has 0 atom stereocenters. The predicted molar refractivity (Wildman–Crippen MR) is 136 cm³/mol. The van der Waals surface area contributed by atoms with Gasteiger partial charge in [0, 0.05) is 37.4 Å². The quantitative estimate of drug-likeness (QED) is 0.250. The van der Waals surface area contributed by atoms with Crippen LogP contribution >= 0.6 is 0 Å². The Hall–Kier alpha value is -4.29. The van der Waals surface area contributed by atoms with Gasteiger partial charge in [-0.2, -0.15) is 18.3 Å². The highest BCUT2D eigenvalue weighted by atomic mass is 19.4. The molecule has 13 heteroatoms. The van der Waals surface area contributed by atoms with Crippen LogP contribution in [0.4, 0.5) is 23.4 Å². The Labute approximate surface area is 220 Å². The molecule has 0 saturated heterocycles. The molecule has 1 N–H and O–H groups in total. The number of allylic oxidation sites excluding steroid dienone is 1. The topological polar surface area (TPSA) is 101 Å². The van der Waals surface area contributed by atoms with Crippen molar-refractivity contribution in [2.75, 3.05) is 12.0 Å². The van der Waals surface area contributed by atoms with Crippen LogP contribution in [0, 0.1) is 17.1 Å². The van der Waals surface area contributed by atoms with Crippen molar-refractivity contribution in [2.24, 2.45) is 18.0 Å². The second-order valence-corrected chi connectivity index (χ2v) is 9.44. The molecule has 0 unspecified atom stereocenters. The molecule has 39 heavy (non-hydrogen) atoms. The SMILES string of the molecule is C=N/C(OC)=C(\C(=N)C1CC1)c1cc2n(n1)CCC(=O)N2Cc1ccc(-c2nc(C(F)(F)F)cn2C)c(F)c1. The smallest absolute Gasteiger partial charge is 0.434 e. The van der Waals surface area contributed by atoms with Crippen LogP contribution < -0.4 is 4.90 Å². The largest absolute Gasteiger partial charge is 0.480 e. The number of ether oxygens (including phenoxy) is 1. The summed E-state index contributed by atoms with van der Waals surface area (Å²) in [5.41, 5.74) is 0.395. The Balaban J connectivity index is 1.46. The summed E-state index contributed by atoms with van der Waals surface area (Å²) >= 11 is 0. The maximum Gasteiger partial charge on any atom is 0.434 e. The van der Waals surface area contributed by atoms with Crippen molar-refractivity contribution in [1.82, 2.24) is 19.3 Å². The summed E-state index contributed by atoms with van der Waals surface area (Å²) in [6, 6.07) is 5.75. The number of benzene rings is 1. The lowest BCUT2D eigenvalue weighted by Crippen LogP contribution is -2.36. The lowest BCUT2D eigenvalue weighted by atomic mass is 10.0. The number of carbonyl (C=O) groups excluding carboxylic acids is 1. The predicted octanol–water partition coefficient (Wildman–Crippen LogP) is 4.82. The Morgan fingerprint density at radius 1 is 1.28 bits per heavy atom. The number of amides is 1. The van der Waals surface area contributed by atoms with Crippen molar-refractivity contribution in [3.63, 3.8) is 0 Å². The summed E-state index contributed by atoms with van der Waals surface area (Å²) in [5, 5.41) is 13.2. The third-order valence-electron chi connectivity index (χ3n) is 6.72. The van der Waals surface area contributed by atoms with Gasteiger partial charge in [0.1, 0.15) is 23.2 Å². The van der Waals surface area contributed by atoms with Gasteiger partial charge >= 0.3 is 6.18 Å². The van der Waals surface area contributed by atoms with Gasteiger partial charge in [0.25, 0.3) is 0 Å². The zero-order valence-electron chi connectivity index (χ0n) is 21.2. The standard InChI is InChI=1S/C26H25F4N7O2/c1-32-25(39-3)22(23(31)15-5-6-15)18-11-20-36(21(38)8-9-37(20)34-18)12-14-4-7-16(17(27)10-14)24-33-19(13-35(24)2)26(28,29)30/h4,7,10-11,13,15,31H,1,5-6,8-9,12H2,2-3H3/b25-22+,31-23?. The van der Waals surface area contributed by atoms with E-state index in [2.05, 4.69) is 21.8 Å². The Bertz CT molecular complexity index is 1510. The highest BCUT2D eigenvalue weighted by Gasteiger charge is 2.36. The summed E-state index contributed by atoms with van der Waals surface area (Å²) in [4.78, 5) is 21.8. The van der Waals surface area contributed by atoms with Crippen LogP contribution in [0.3, 0.4) is 0 Å². The van der Waals surface area contributed by atoms with Crippen LogP contribution in [0.15, 0.2) is 41.3 Å². The number of nitrogens with zero attached hydrogens (tertiary/aromatic N) is 6. The zero-order chi connectivity index (χ0) is 28.1. The zero-order valence-corrected chi connectivity index (χ0v) is 21.2. The Kier molecular flexibility index (Phi) is 6.60. The minimum absolute atomic E-state index is 0.00545. The van der Waals surface area contributed by atoms with Crippen molar-refractivity contribution in [3.8, 4) is 11.4 Å². The van der Waals surface area contributed by atoms with Gasteiger partial charge in [-0.25, -0.2) is 19.0 Å². The van der Waals surface area contributed by atoms with E-state index in [1.807, 2.05) is 0 Å². The first kappa shape index (κ1) is 26.3. The number of anilines is 1. The fourth-order valence-corrected chi connectivity index (χ4v) is 4.60. The van der Waals surface area contributed by atoms with Crippen molar-refractivity contribution in [1.29, 1.82) is 5.41 Å². The average Bonchev–Trinajstić information content (AvgIpc) is 3.53. The molecule has 1 saturated carbocycles. The number of halogens is 4. The Morgan fingerprint density at radius 2 is 2.03 bits per heavy atom. The minimum atomic E-state index is -4.65. The number of methoxy groups -OCH3 is 1. The van der Waals surface area contributed by atoms with E-state index in [1.54, 1.807) is 16.8 Å². The Morgan fingerprint density at radius 3 is 2.62 bits per heavy atom. The molecule has 2 aliphatic rings. The molecule has 0 spiro atoms. The summed E-state index contributed by atoms with van der Waals surface area (Å²) in [7, 11) is 2.79. The second kappa shape index (κ2) is 9.79. The third kappa shape index (κ3) is 4.95. The number of hydrogen-bond donors (Lipinski definition) is 1. The van der Waals surface area contributed by atoms with Crippen molar-refractivity contribution in [2.45, 2.75) is 38.5 Å². The van der Waals surface area contributed by atoms with E-state index >= 15 is 4.39 Å². The lowest BCUT2D eigenvalue weighted by Gasteiger charge is -2.27. The van der Waals surface area contributed by atoms with Gasteiger partial charge in [0.15, 0.2) is 5.69 Å². The average molecular weight is 544 g/mol. The molecule has 3 aromatic rings. The molecule has 1 fully saturated rings. The number of aromatic nitrogens is 4. The number of hydrogen-bond acceptors (Lipinski definition) is 6. The van der Waals surface area contributed by atoms with E-state index < -0.39 is 17.7 Å². The van der Waals surface area contributed by atoms with Gasteiger partial charge in [0.2, 0.25) is 11.8 Å². The molecule has 5 rings (SSSR count). The number of carbonyl (C=O) groups is 1. The molecule has 1 aliphatic heterocycles. The molecule has 1 amide bonds. The molecule has 204 valence electrons. The van der Waals surface area contributed by atoms with Crippen LogP contribution in [-0.4, -0.2) is 44.8 Å². The lowest BCUT2D eigenvalue weighted by molar-refractivity contribution is -0.140. The first-order valence-electron chi connectivity index (χ1n) is 12.1. The van der Waals surface area contributed by atoms with Crippen molar-refractivity contribution < 1.29 is 27.1 Å². The van der Waals surface area contributed by atoms with Gasteiger partial charge < -0.3 is 14.7 Å². The molecule has 0 radical (unpaired) electrons. The number of fused-ring (bicyclic) bond motifs is 1. The molecular formula is C26H25F4N7O2. The number of imidazole rings is 1. The van der Waals surface area contributed by atoms with E-state index in [4.69, 9.17) is 10.1 Å². The molecular weight excluding hydrogens is 518 g/mol. The number of rotatable bonds is 8. The van der Waals surface area contributed by atoms with Crippen LogP contribution in [0.25, 0.3) is 17.0 Å². The molecule has 1 aliphatic carbocycles. The minimum Gasteiger partial charge on any atom is -0.480 e. The maximum absolute atomic E-state index is 15.1. The highest BCUT2D eigenvalue weighted by Crippen LogP contribution is 2.38. The van der Waals surface area contributed by atoms with Crippen LogP contribution in [-0.2, 0) is 35.8 Å². The van der Waals surface area contributed by atoms with Crippen LogP contribution in [0.5, 0.6) is 0 Å². The number of nitrogens with one attached hydrogen (secondary N) is 1. The van der Waals surface area contributed by atoms with E-state index in [0.717, 1.165) is 23.6 Å². The van der Waals surface area contributed by atoms with Gasteiger partial charge in [-0.1, -0.05) is 6.07 Å². The number of aliphatic imine (C=N–C) groups is 1. The monoisotopic (exact) mass is 543 g/mol. The normalized spacial score (nSPS) is 16.2. The van der Waals surface area contributed by atoms with Gasteiger partial charge in [0.05, 0.1) is 31.3 Å². The maximum atomic E-state index is 15.1. The van der Waals surface area contributed by atoms with Crippen LogP contribution in [0.1, 0.15) is 36.2 Å². The summed E-state index contributed by atoms with van der Waals surface area (Å²) in [5.74, 6) is -0.417. The summed E-state index contributed by atoms with van der Waals surface area (Å²) in [6.07, 6.45) is -1.92. The number of aryl methyl sites for hydroxylation is 2. The van der Waals surface area contributed by atoms with E-state index in [1.165, 1.54) is 31.2 Å². The molecule has 3 heterocycles. The van der Waals surface area contributed by atoms with E-state index in [9.17, 15) is 18.0 Å². The van der Waals surface area contributed by atoms with Crippen molar-refractivity contribution in [3.05, 3.63) is 59.1 Å². The van der Waals surface area contributed by atoms with Gasteiger partial charge in [-0.15, -0.1) is 0 Å². The molecule has 1 aromatic carbocycles. The fraction of sp³-hybridized carbons (Fsp3) is 0.346.